The molecule has 0 saturated heterocycles. The lowest BCUT2D eigenvalue weighted by atomic mass is 10.0. The van der Waals surface area contributed by atoms with Gasteiger partial charge in [-0.05, 0) is 5.53 Å². The van der Waals surface area contributed by atoms with Crippen molar-refractivity contribution in [2.45, 2.75) is 18.1 Å². The Morgan fingerprint density at radius 1 is 1.52 bits per heavy atom. The zero-order chi connectivity index (χ0) is 17.2. The van der Waals surface area contributed by atoms with Crippen molar-refractivity contribution in [2.75, 3.05) is 12.3 Å². The molecule has 11 nitrogen and oxygen atoms in total. The quantitative estimate of drug-likeness (QED) is 0.384. The fourth-order valence-corrected chi connectivity index (χ4v) is 1.84. The highest BCUT2D eigenvalue weighted by molar-refractivity contribution is 5.95. The number of hydrogen-bond acceptors (Lipinski definition) is 8. The first-order valence-electron chi connectivity index (χ1n) is 6.03. The van der Waals surface area contributed by atoms with E-state index in [-0.39, 0.29) is 17.0 Å². The van der Waals surface area contributed by atoms with Gasteiger partial charge in [0.05, 0.1) is 12.7 Å². The molecule has 2 aromatic heterocycles. The minimum atomic E-state index is -4.33. The second-order valence-corrected chi connectivity index (χ2v) is 4.37. The number of aliphatic hydroxyl groups excluding tert-OH is 2. The molecule has 4 N–H and O–H groups in total. The largest absolute Gasteiger partial charge is 0.394 e. The minimum Gasteiger partial charge on any atom is -0.394 e. The maximum absolute atomic E-state index is 14.3. The Labute approximate surface area is 126 Å². The Hall–Kier alpha value is -2.89. The molecule has 122 valence electrons. The fraction of sp³-hybridized carbons (Fsp3) is 0.400. The number of azide groups is 1. The highest BCUT2D eigenvalue weighted by Crippen LogP contribution is 2.28. The van der Waals surface area contributed by atoms with E-state index in [0.29, 0.717) is 4.57 Å². The van der Waals surface area contributed by atoms with E-state index in [1.54, 1.807) is 0 Å². The molecule has 23 heavy (non-hydrogen) atoms. The molecule has 2 heterocycles. The van der Waals surface area contributed by atoms with Crippen molar-refractivity contribution in [1.82, 2.24) is 19.5 Å². The minimum absolute atomic E-state index is 0.0697. The molecule has 0 aliphatic heterocycles. The first kappa shape index (κ1) is 16.5. The normalized spacial score (nSPS) is 14.3. The van der Waals surface area contributed by atoms with Crippen LogP contribution in [0.15, 0.2) is 17.8 Å². The maximum atomic E-state index is 14.3. The van der Waals surface area contributed by atoms with Gasteiger partial charge in [0.1, 0.15) is 18.7 Å². The molecule has 2 aromatic rings. The van der Waals surface area contributed by atoms with Gasteiger partial charge in [-0.1, -0.05) is 5.11 Å². The number of carbonyl (C=O) groups is 1. The van der Waals surface area contributed by atoms with Gasteiger partial charge < -0.3 is 15.9 Å². The van der Waals surface area contributed by atoms with Crippen LogP contribution < -0.4 is 5.73 Å². The van der Waals surface area contributed by atoms with Crippen LogP contribution in [0.4, 0.5) is 14.6 Å². The Morgan fingerprint density at radius 3 is 2.83 bits per heavy atom. The van der Waals surface area contributed by atoms with E-state index in [0.717, 1.165) is 12.7 Å². The second kappa shape index (κ2) is 6.08. The van der Waals surface area contributed by atoms with E-state index in [9.17, 15) is 18.7 Å². The first-order chi connectivity index (χ1) is 10.8. The molecule has 0 fully saturated rings. The van der Waals surface area contributed by atoms with Gasteiger partial charge in [-0.25, -0.2) is 19.5 Å². The average Bonchev–Trinajstić information content (AvgIpc) is 2.96. The lowest BCUT2D eigenvalue weighted by Gasteiger charge is -2.24. The van der Waals surface area contributed by atoms with Crippen molar-refractivity contribution < 1.29 is 23.8 Å². The number of carbonyl (C=O) groups excluding carboxylic acids is 1. The van der Waals surface area contributed by atoms with E-state index < -0.39 is 30.6 Å². The highest BCUT2D eigenvalue weighted by Gasteiger charge is 2.51. The lowest BCUT2D eigenvalue weighted by Crippen LogP contribution is -2.50. The molecule has 13 heteroatoms. The fourth-order valence-electron chi connectivity index (χ4n) is 1.84. The molecule has 0 radical (unpaired) electrons. The lowest BCUT2D eigenvalue weighted by molar-refractivity contribution is -0.0566. The summed E-state index contributed by atoms with van der Waals surface area (Å²) in [5.41, 5.74) is 13.5. The Balaban J connectivity index is 2.51. The number of aliphatic hydroxyl groups is 2. The van der Waals surface area contributed by atoms with Crippen LogP contribution in [-0.2, 0) is 0 Å². The SMILES string of the molecule is [N-]=[N+]=NC([C@H](O)CO)C(F)(F)C(=O)n1cnc2c(N)ncnc21. The molecule has 2 atom stereocenters. The standard InChI is InChI=1S/C10H10F2N8O3/c11-10(12,6(18-19-14)4(22)1-21)9(23)20-3-17-5-7(13)15-2-16-8(5)20/h2-4,6,21-22H,1H2,(H2,13,15,16)/t4-,6?/m1/s1. The van der Waals surface area contributed by atoms with E-state index in [2.05, 4.69) is 25.0 Å². The summed E-state index contributed by atoms with van der Waals surface area (Å²) in [5.74, 6) is -6.31. The van der Waals surface area contributed by atoms with Crippen molar-refractivity contribution in [3.8, 4) is 0 Å². The predicted molar refractivity (Wildman–Crippen MR) is 71.3 cm³/mol. The van der Waals surface area contributed by atoms with E-state index >= 15 is 0 Å². The first-order valence-corrected chi connectivity index (χ1v) is 6.03. The van der Waals surface area contributed by atoms with Crippen LogP contribution >= 0.6 is 0 Å². The monoisotopic (exact) mass is 328 g/mol. The van der Waals surface area contributed by atoms with Crippen LogP contribution in [0.3, 0.4) is 0 Å². The van der Waals surface area contributed by atoms with Crippen LogP contribution in [0, 0.1) is 0 Å². The summed E-state index contributed by atoms with van der Waals surface area (Å²) < 4.78 is 29.0. The number of aromatic nitrogens is 4. The van der Waals surface area contributed by atoms with Crippen molar-refractivity contribution in [3.63, 3.8) is 0 Å². The predicted octanol–water partition coefficient (Wildman–Crippen LogP) is -0.284. The number of nitrogens with zero attached hydrogens (tertiary/aromatic N) is 7. The highest BCUT2D eigenvalue weighted by atomic mass is 19.3. The van der Waals surface area contributed by atoms with Gasteiger partial charge in [0.25, 0.3) is 0 Å². The van der Waals surface area contributed by atoms with Crippen LogP contribution in [0.5, 0.6) is 0 Å². The van der Waals surface area contributed by atoms with Crippen LogP contribution in [0.25, 0.3) is 21.6 Å². The van der Waals surface area contributed by atoms with Crippen molar-refractivity contribution in [1.29, 1.82) is 0 Å². The summed E-state index contributed by atoms with van der Waals surface area (Å²) in [5, 5.41) is 20.9. The third kappa shape index (κ3) is 2.75. The number of alkyl halides is 2. The number of rotatable bonds is 5. The summed E-state index contributed by atoms with van der Waals surface area (Å²) in [6, 6.07) is -2.51. The smallest absolute Gasteiger partial charge is 0.336 e. The number of hydrogen-bond donors (Lipinski definition) is 3. The Kier molecular flexibility index (Phi) is 4.36. The van der Waals surface area contributed by atoms with Crippen LogP contribution in [0.1, 0.15) is 4.79 Å². The van der Waals surface area contributed by atoms with E-state index in [1.165, 1.54) is 0 Å². The van der Waals surface area contributed by atoms with Crippen LogP contribution in [0.2, 0.25) is 0 Å². The number of fused-ring (bicyclic) bond motifs is 1. The zero-order valence-electron chi connectivity index (χ0n) is 11.3. The number of nitrogen functional groups attached to an aromatic ring is 1. The summed E-state index contributed by atoms with van der Waals surface area (Å²) in [6.45, 7) is -1.13. The molecule has 0 bridgehead atoms. The summed E-state index contributed by atoms with van der Waals surface area (Å²) in [6.07, 6.45) is -0.432. The topological polar surface area (TPSA) is 176 Å². The molecule has 0 saturated carbocycles. The number of nitrogens with two attached hydrogens (primary N) is 1. The van der Waals surface area contributed by atoms with Gasteiger partial charge in [0, 0.05) is 4.91 Å². The third-order valence-corrected chi connectivity index (χ3v) is 2.96. The van der Waals surface area contributed by atoms with Crippen LogP contribution in [-0.4, -0.2) is 60.3 Å². The molecule has 0 aliphatic rings. The van der Waals surface area contributed by atoms with Crippen molar-refractivity contribution in [3.05, 3.63) is 23.1 Å². The molecule has 2 rings (SSSR count). The summed E-state index contributed by atoms with van der Waals surface area (Å²) in [4.78, 5) is 25.2. The van der Waals surface area contributed by atoms with E-state index in [4.69, 9.17) is 16.4 Å². The Morgan fingerprint density at radius 2 is 2.22 bits per heavy atom. The third-order valence-electron chi connectivity index (χ3n) is 2.96. The summed E-state index contributed by atoms with van der Waals surface area (Å²) >= 11 is 0. The van der Waals surface area contributed by atoms with Gasteiger partial charge in [0.2, 0.25) is 0 Å². The van der Waals surface area contributed by atoms with Gasteiger partial charge in [-0.3, -0.25) is 4.79 Å². The van der Waals surface area contributed by atoms with Crippen molar-refractivity contribution in [2.24, 2.45) is 5.11 Å². The number of imidazole rings is 1. The summed E-state index contributed by atoms with van der Waals surface area (Å²) in [7, 11) is 0. The molecule has 0 aliphatic carbocycles. The molecule has 0 spiro atoms. The van der Waals surface area contributed by atoms with E-state index in [1.807, 2.05) is 0 Å². The molecule has 0 aromatic carbocycles. The maximum Gasteiger partial charge on any atom is 0.336 e. The van der Waals surface area contributed by atoms with Gasteiger partial charge in [-0.15, -0.1) is 0 Å². The second-order valence-electron chi connectivity index (χ2n) is 4.37. The van der Waals surface area contributed by atoms with Crippen molar-refractivity contribution >= 4 is 22.9 Å². The molecular formula is C10H10F2N8O3. The number of halogens is 2. The number of anilines is 1. The van der Waals surface area contributed by atoms with Gasteiger partial charge in [0.15, 0.2) is 17.0 Å². The molecule has 1 unspecified atom stereocenters. The zero-order valence-corrected chi connectivity index (χ0v) is 11.3. The Bertz CT molecular complexity index is 788. The van der Waals surface area contributed by atoms with Gasteiger partial charge in [-0.2, -0.15) is 8.78 Å². The molecule has 0 amide bonds. The average molecular weight is 328 g/mol. The molecular weight excluding hydrogens is 318 g/mol. The van der Waals surface area contributed by atoms with Gasteiger partial charge >= 0.3 is 11.8 Å².